The van der Waals surface area contributed by atoms with Crippen molar-refractivity contribution in [2.24, 2.45) is 5.92 Å². The SMILES string of the molecule is C[C@@H]1[C@H](CN2CCCCCCC2)O[C@H](c2ccc(-c3cccc(CN4C(=O)c5ccccc5C4=O)c3)cc2)O[C@@H]1c1ccc(CO)cc1. The zero-order valence-electron chi connectivity index (χ0n) is 27.6. The molecular formula is C41H44N2O5. The van der Waals surface area contributed by atoms with Crippen LogP contribution in [0.5, 0.6) is 0 Å². The number of aliphatic hydroxyl groups is 1. The van der Waals surface area contributed by atoms with Crippen molar-refractivity contribution < 1.29 is 24.2 Å². The Morgan fingerprint density at radius 3 is 2.00 bits per heavy atom. The normalized spacial score (nSPS) is 23.5. The van der Waals surface area contributed by atoms with Gasteiger partial charge in [-0.15, -0.1) is 0 Å². The second-order valence-corrected chi connectivity index (χ2v) is 13.5. The van der Waals surface area contributed by atoms with Crippen LogP contribution in [0.3, 0.4) is 0 Å². The summed E-state index contributed by atoms with van der Waals surface area (Å²) in [7, 11) is 0. The minimum Gasteiger partial charge on any atom is -0.392 e. The Morgan fingerprint density at radius 1 is 0.688 bits per heavy atom. The number of carbonyl (C=O) groups is 2. The topological polar surface area (TPSA) is 79.3 Å². The van der Waals surface area contributed by atoms with Gasteiger partial charge < -0.3 is 19.5 Å². The highest BCUT2D eigenvalue weighted by Gasteiger charge is 2.39. The number of nitrogens with zero attached hydrogens (tertiary/aromatic N) is 2. The van der Waals surface area contributed by atoms with E-state index in [4.69, 9.17) is 9.47 Å². The van der Waals surface area contributed by atoms with E-state index < -0.39 is 6.29 Å². The van der Waals surface area contributed by atoms with Gasteiger partial charge >= 0.3 is 0 Å². The van der Waals surface area contributed by atoms with Gasteiger partial charge in [-0.05, 0) is 71.9 Å². The predicted molar refractivity (Wildman–Crippen MR) is 185 cm³/mol. The summed E-state index contributed by atoms with van der Waals surface area (Å²) in [5.74, 6) is -0.352. The van der Waals surface area contributed by atoms with Crippen molar-refractivity contribution >= 4 is 11.8 Å². The van der Waals surface area contributed by atoms with Gasteiger partial charge in [0.25, 0.3) is 11.8 Å². The van der Waals surface area contributed by atoms with Crippen molar-refractivity contribution in [2.75, 3.05) is 19.6 Å². The summed E-state index contributed by atoms with van der Waals surface area (Å²) < 4.78 is 13.5. The predicted octanol–water partition coefficient (Wildman–Crippen LogP) is 7.70. The number of hydrogen-bond donors (Lipinski definition) is 1. The molecule has 0 aliphatic carbocycles. The van der Waals surface area contributed by atoms with E-state index in [0.29, 0.717) is 11.1 Å². The molecular weight excluding hydrogens is 600 g/mol. The molecule has 0 spiro atoms. The van der Waals surface area contributed by atoms with Crippen LogP contribution < -0.4 is 0 Å². The maximum Gasteiger partial charge on any atom is 0.261 e. The average molecular weight is 645 g/mol. The second-order valence-electron chi connectivity index (χ2n) is 13.5. The average Bonchev–Trinajstić information content (AvgIpc) is 3.35. The molecule has 2 saturated heterocycles. The van der Waals surface area contributed by atoms with E-state index in [1.54, 1.807) is 24.3 Å². The standard InChI is InChI=1S/C41H44N2O5/c1-28-37(26-42-22-7-3-2-4-8-23-42)47-41(48-38(28)32-16-14-29(27-44)15-17-32)33-20-18-31(19-21-33)34-11-9-10-30(24-34)25-43-39(45)35-12-5-6-13-36(35)40(43)46/h5-6,9-21,24,28,37-38,41,44H,2-4,7-8,22-23,25-27H2,1H3/t28-,37+,38+,41+/m1/s1. The summed E-state index contributed by atoms with van der Waals surface area (Å²) in [5, 5.41) is 9.60. The number of rotatable bonds is 8. The minimum atomic E-state index is -0.516. The van der Waals surface area contributed by atoms with E-state index in [2.05, 4.69) is 48.2 Å². The maximum atomic E-state index is 12.9. The number of fused-ring (bicyclic) bond motifs is 1. The molecule has 2 fully saturated rings. The van der Waals surface area contributed by atoms with Gasteiger partial charge in [0.15, 0.2) is 6.29 Å². The summed E-state index contributed by atoms with van der Waals surface area (Å²) in [6.45, 7) is 5.56. The van der Waals surface area contributed by atoms with E-state index >= 15 is 0 Å². The van der Waals surface area contributed by atoms with E-state index in [-0.39, 0.29) is 43.1 Å². The maximum absolute atomic E-state index is 12.9. The number of benzene rings is 4. The Labute approximate surface area is 283 Å². The van der Waals surface area contributed by atoms with Crippen molar-refractivity contribution in [2.45, 2.75) is 70.7 Å². The van der Waals surface area contributed by atoms with Crippen LogP contribution in [-0.2, 0) is 22.6 Å². The number of hydrogen-bond acceptors (Lipinski definition) is 6. The highest BCUT2D eigenvalue weighted by Crippen LogP contribution is 2.42. The first-order chi connectivity index (χ1) is 23.5. The molecule has 0 aromatic heterocycles. The van der Waals surface area contributed by atoms with Crippen molar-refractivity contribution in [3.63, 3.8) is 0 Å². The molecule has 1 N–H and O–H groups in total. The molecule has 48 heavy (non-hydrogen) atoms. The third-order valence-electron chi connectivity index (χ3n) is 10.2. The zero-order chi connectivity index (χ0) is 33.0. The number of imide groups is 1. The lowest BCUT2D eigenvalue weighted by molar-refractivity contribution is -0.276. The van der Waals surface area contributed by atoms with E-state index in [1.165, 1.54) is 37.0 Å². The fourth-order valence-corrected chi connectivity index (χ4v) is 7.33. The molecule has 0 saturated carbocycles. The lowest BCUT2D eigenvalue weighted by Crippen LogP contribution is -2.45. The van der Waals surface area contributed by atoms with Crippen molar-refractivity contribution in [1.82, 2.24) is 9.80 Å². The molecule has 4 aromatic rings. The first-order valence-corrected chi connectivity index (χ1v) is 17.4. The first-order valence-electron chi connectivity index (χ1n) is 17.4. The van der Waals surface area contributed by atoms with Crippen LogP contribution in [0.25, 0.3) is 11.1 Å². The number of aliphatic hydroxyl groups excluding tert-OH is 1. The summed E-state index contributed by atoms with van der Waals surface area (Å²) in [6, 6.07) is 31.4. The van der Waals surface area contributed by atoms with Gasteiger partial charge in [-0.1, -0.05) is 105 Å². The molecule has 0 radical (unpaired) electrons. The summed E-state index contributed by atoms with van der Waals surface area (Å²) in [4.78, 5) is 29.8. The molecule has 0 bridgehead atoms. The minimum absolute atomic E-state index is 0.00389. The largest absolute Gasteiger partial charge is 0.392 e. The Balaban J connectivity index is 1.09. The van der Waals surface area contributed by atoms with E-state index in [0.717, 1.165) is 53.0 Å². The number of likely N-dealkylation sites (tertiary alicyclic amines) is 1. The molecule has 4 atom stereocenters. The highest BCUT2D eigenvalue weighted by atomic mass is 16.7. The molecule has 7 heteroatoms. The molecule has 3 aliphatic heterocycles. The fraction of sp³-hybridized carbons (Fsp3) is 0.366. The Kier molecular flexibility index (Phi) is 9.82. The van der Waals surface area contributed by atoms with Gasteiger partial charge in [0.05, 0.1) is 36.5 Å². The lowest BCUT2D eigenvalue weighted by Gasteiger charge is -2.43. The van der Waals surface area contributed by atoms with Crippen LogP contribution in [0.4, 0.5) is 0 Å². The summed E-state index contributed by atoms with van der Waals surface area (Å²) >= 11 is 0. The molecule has 2 amide bonds. The second kappa shape index (κ2) is 14.5. The monoisotopic (exact) mass is 644 g/mol. The zero-order valence-corrected chi connectivity index (χ0v) is 27.6. The first kappa shape index (κ1) is 32.4. The highest BCUT2D eigenvalue weighted by molar-refractivity contribution is 6.21. The van der Waals surface area contributed by atoms with Crippen LogP contribution in [0.1, 0.15) is 94.4 Å². The third-order valence-corrected chi connectivity index (χ3v) is 10.2. The van der Waals surface area contributed by atoms with Gasteiger partial charge in [0, 0.05) is 18.0 Å². The molecule has 3 aliphatic rings. The van der Waals surface area contributed by atoms with Gasteiger partial charge in [-0.25, -0.2) is 0 Å². The van der Waals surface area contributed by atoms with Crippen LogP contribution in [0, 0.1) is 5.92 Å². The van der Waals surface area contributed by atoms with Crippen molar-refractivity contribution in [1.29, 1.82) is 0 Å². The molecule has 7 rings (SSSR count). The van der Waals surface area contributed by atoms with Gasteiger partial charge in [-0.2, -0.15) is 0 Å². The fourth-order valence-electron chi connectivity index (χ4n) is 7.33. The van der Waals surface area contributed by atoms with Crippen LogP contribution in [-0.4, -0.2) is 52.5 Å². The van der Waals surface area contributed by atoms with Gasteiger partial charge in [0.2, 0.25) is 0 Å². The number of carbonyl (C=O) groups excluding carboxylic acids is 2. The summed E-state index contributed by atoms with van der Waals surface area (Å²) in [6.07, 6.45) is 5.72. The van der Waals surface area contributed by atoms with Crippen LogP contribution in [0.15, 0.2) is 97.1 Å². The smallest absolute Gasteiger partial charge is 0.261 e. The lowest BCUT2D eigenvalue weighted by atomic mass is 9.89. The Bertz CT molecular complexity index is 1690. The molecule has 248 valence electrons. The number of ether oxygens (including phenoxy) is 2. The molecule has 3 heterocycles. The Morgan fingerprint density at radius 2 is 1.33 bits per heavy atom. The van der Waals surface area contributed by atoms with E-state index in [1.807, 2.05) is 36.4 Å². The number of amides is 2. The van der Waals surface area contributed by atoms with E-state index in [9.17, 15) is 14.7 Å². The molecule has 4 aromatic carbocycles. The summed E-state index contributed by atoms with van der Waals surface area (Å²) in [5.41, 5.74) is 6.79. The van der Waals surface area contributed by atoms with Crippen LogP contribution >= 0.6 is 0 Å². The van der Waals surface area contributed by atoms with Crippen molar-refractivity contribution in [3.8, 4) is 11.1 Å². The molecule has 7 nitrogen and oxygen atoms in total. The van der Waals surface area contributed by atoms with Crippen LogP contribution in [0.2, 0.25) is 0 Å². The van der Waals surface area contributed by atoms with Gasteiger partial charge in [0.1, 0.15) is 0 Å². The molecule has 0 unspecified atom stereocenters. The third kappa shape index (κ3) is 6.87. The van der Waals surface area contributed by atoms with Gasteiger partial charge in [-0.3, -0.25) is 14.5 Å². The quantitative estimate of drug-likeness (QED) is 0.198. The van der Waals surface area contributed by atoms with Crippen molar-refractivity contribution in [3.05, 3.63) is 130 Å². The Hall–Kier alpha value is -4.14.